The van der Waals surface area contributed by atoms with E-state index in [-0.39, 0.29) is 5.78 Å². The van der Waals surface area contributed by atoms with Gasteiger partial charge in [-0.05, 0) is 37.3 Å². The lowest BCUT2D eigenvalue weighted by Gasteiger charge is -1.97. The van der Waals surface area contributed by atoms with Crippen molar-refractivity contribution in [3.05, 3.63) is 71.6 Å². The molecule has 0 fully saturated rings. The minimum absolute atomic E-state index is 0.000599. The van der Waals surface area contributed by atoms with Crippen molar-refractivity contribution in [3.63, 3.8) is 0 Å². The number of allylic oxidation sites excluding steroid dienone is 1. The number of pyridine rings is 1. The third-order valence-electron chi connectivity index (χ3n) is 2.40. The van der Waals surface area contributed by atoms with Gasteiger partial charge in [-0.1, -0.05) is 29.8 Å². The Hall–Kier alpha value is -2.22. The van der Waals surface area contributed by atoms with Crippen molar-refractivity contribution in [2.24, 2.45) is 0 Å². The molecule has 0 spiro atoms. The van der Waals surface area contributed by atoms with Crippen LogP contribution in [0.2, 0.25) is 0 Å². The van der Waals surface area contributed by atoms with E-state index in [1.807, 2.05) is 49.4 Å². The molecular weight excluding hydrogens is 210 g/mol. The highest BCUT2D eigenvalue weighted by atomic mass is 16.1. The molecule has 0 amide bonds. The summed E-state index contributed by atoms with van der Waals surface area (Å²) < 4.78 is 0. The maximum atomic E-state index is 11.9. The molecule has 0 saturated heterocycles. The lowest BCUT2D eigenvalue weighted by Crippen LogP contribution is -1.94. The SMILES string of the molecule is Cc1cccc(C(=O)/C=C/c2ccccn2)c1. The molecule has 84 valence electrons. The summed E-state index contributed by atoms with van der Waals surface area (Å²) in [7, 11) is 0. The molecule has 0 saturated carbocycles. The van der Waals surface area contributed by atoms with Gasteiger partial charge in [0.1, 0.15) is 0 Å². The van der Waals surface area contributed by atoms with Gasteiger partial charge in [-0.3, -0.25) is 9.78 Å². The van der Waals surface area contributed by atoms with Gasteiger partial charge in [-0.15, -0.1) is 0 Å². The molecule has 0 bridgehead atoms. The zero-order valence-corrected chi connectivity index (χ0v) is 9.63. The number of ketones is 1. The number of aromatic nitrogens is 1. The minimum Gasteiger partial charge on any atom is -0.289 e. The Balaban J connectivity index is 2.15. The van der Waals surface area contributed by atoms with E-state index in [0.29, 0.717) is 5.56 Å². The normalized spacial score (nSPS) is 10.6. The predicted molar refractivity (Wildman–Crippen MR) is 68.8 cm³/mol. The number of carbonyl (C=O) groups excluding carboxylic acids is 1. The van der Waals surface area contributed by atoms with Crippen molar-refractivity contribution in [1.82, 2.24) is 4.98 Å². The van der Waals surface area contributed by atoms with Crippen LogP contribution in [0.25, 0.3) is 6.08 Å². The molecule has 2 nitrogen and oxygen atoms in total. The Morgan fingerprint density at radius 2 is 2.06 bits per heavy atom. The lowest BCUT2D eigenvalue weighted by atomic mass is 10.1. The molecule has 1 aromatic heterocycles. The van der Waals surface area contributed by atoms with E-state index in [9.17, 15) is 4.79 Å². The van der Waals surface area contributed by atoms with Gasteiger partial charge in [-0.2, -0.15) is 0 Å². The average Bonchev–Trinajstić information content (AvgIpc) is 2.37. The van der Waals surface area contributed by atoms with Crippen LogP contribution < -0.4 is 0 Å². The third kappa shape index (κ3) is 3.11. The summed E-state index contributed by atoms with van der Waals surface area (Å²) in [5.74, 6) is -0.000599. The second-order valence-electron chi connectivity index (χ2n) is 3.82. The number of hydrogen-bond acceptors (Lipinski definition) is 2. The standard InChI is InChI=1S/C15H13NO/c1-12-5-4-6-13(11-12)15(17)9-8-14-7-2-3-10-16-14/h2-11H,1H3/b9-8+. The van der Waals surface area contributed by atoms with Crippen molar-refractivity contribution < 1.29 is 4.79 Å². The third-order valence-corrected chi connectivity index (χ3v) is 2.40. The van der Waals surface area contributed by atoms with Crippen LogP contribution in [0.15, 0.2) is 54.7 Å². The van der Waals surface area contributed by atoms with Crippen LogP contribution in [0.4, 0.5) is 0 Å². The van der Waals surface area contributed by atoms with E-state index in [2.05, 4.69) is 4.98 Å². The van der Waals surface area contributed by atoms with E-state index in [1.165, 1.54) is 0 Å². The first-order valence-electron chi connectivity index (χ1n) is 5.46. The maximum absolute atomic E-state index is 11.9. The molecule has 0 aliphatic heterocycles. The summed E-state index contributed by atoms with van der Waals surface area (Å²) in [6, 6.07) is 13.2. The predicted octanol–water partition coefficient (Wildman–Crippen LogP) is 3.29. The second-order valence-corrected chi connectivity index (χ2v) is 3.82. The fourth-order valence-corrected chi connectivity index (χ4v) is 1.53. The van der Waals surface area contributed by atoms with E-state index >= 15 is 0 Å². The molecule has 0 aliphatic carbocycles. The first-order chi connectivity index (χ1) is 8.25. The highest BCUT2D eigenvalue weighted by Crippen LogP contribution is 2.06. The smallest absolute Gasteiger partial charge is 0.185 e. The summed E-state index contributed by atoms with van der Waals surface area (Å²) in [5, 5.41) is 0. The van der Waals surface area contributed by atoms with E-state index in [0.717, 1.165) is 11.3 Å². The molecule has 0 unspecified atom stereocenters. The molecule has 2 heteroatoms. The molecule has 1 heterocycles. The topological polar surface area (TPSA) is 30.0 Å². The zero-order valence-electron chi connectivity index (χ0n) is 9.63. The molecule has 1 aromatic carbocycles. The monoisotopic (exact) mass is 223 g/mol. The summed E-state index contributed by atoms with van der Waals surface area (Å²) in [6.07, 6.45) is 4.98. The fourth-order valence-electron chi connectivity index (χ4n) is 1.53. The molecule has 17 heavy (non-hydrogen) atoms. The van der Waals surface area contributed by atoms with Crippen molar-refractivity contribution in [2.45, 2.75) is 6.92 Å². The Labute approximate surface area is 101 Å². The quantitative estimate of drug-likeness (QED) is 0.590. The molecular formula is C15H13NO. The highest BCUT2D eigenvalue weighted by molar-refractivity contribution is 6.06. The van der Waals surface area contributed by atoms with Crippen LogP contribution >= 0.6 is 0 Å². The van der Waals surface area contributed by atoms with Crippen molar-refractivity contribution >= 4 is 11.9 Å². The van der Waals surface area contributed by atoms with E-state index < -0.39 is 0 Å². The Morgan fingerprint density at radius 1 is 1.18 bits per heavy atom. The molecule has 0 radical (unpaired) electrons. The van der Waals surface area contributed by atoms with Crippen LogP contribution in [-0.2, 0) is 0 Å². The highest BCUT2D eigenvalue weighted by Gasteiger charge is 2.00. The fraction of sp³-hybridized carbons (Fsp3) is 0.0667. The van der Waals surface area contributed by atoms with Gasteiger partial charge in [-0.25, -0.2) is 0 Å². The van der Waals surface area contributed by atoms with Gasteiger partial charge in [0.05, 0.1) is 5.69 Å². The second kappa shape index (κ2) is 5.21. The summed E-state index contributed by atoms with van der Waals surface area (Å²) in [4.78, 5) is 16.0. The van der Waals surface area contributed by atoms with E-state index in [4.69, 9.17) is 0 Å². The van der Waals surface area contributed by atoms with Crippen LogP contribution in [0.3, 0.4) is 0 Å². The van der Waals surface area contributed by atoms with E-state index in [1.54, 1.807) is 18.3 Å². The molecule has 0 N–H and O–H groups in total. The summed E-state index contributed by atoms with van der Waals surface area (Å²) in [5.41, 5.74) is 2.58. The molecule has 0 aliphatic rings. The van der Waals surface area contributed by atoms with Gasteiger partial charge in [0, 0.05) is 11.8 Å². The first-order valence-corrected chi connectivity index (χ1v) is 5.46. The lowest BCUT2D eigenvalue weighted by molar-refractivity contribution is 0.104. The zero-order chi connectivity index (χ0) is 12.1. The van der Waals surface area contributed by atoms with Crippen molar-refractivity contribution in [1.29, 1.82) is 0 Å². The minimum atomic E-state index is -0.000599. The number of aryl methyl sites for hydroxylation is 1. The summed E-state index contributed by atoms with van der Waals surface area (Å²) in [6.45, 7) is 1.97. The average molecular weight is 223 g/mol. The Bertz CT molecular complexity index is 544. The molecule has 2 rings (SSSR count). The van der Waals surface area contributed by atoms with Crippen molar-refractivity contribution in [2.75, 3.05) is 0 Å². The maximum Gasteiger partial charge on any atom is 0.185 e. The van der Waals surface area contributed by atoms with Gasteiger partial charge in [0.2, 0.25) is 0 Å². The molecule has 2 aromatic rings. The van der Waals surface area contributed by atoms with Gasteiger partial charge in [0.15, 0.2) is 5.78 Å². The van der Waals surface area contributed by atoms with Gasteiger partial charge < -0.3 is 0 Å². The summed E-state index contributed by atoms with van der Waals surface area (Å²) >= 11 is 0. The van der Waals surface area contributed by atoms with Crippen LogP contribution in [-0.4, -0.2) is 10.8 Å². The largest absolute Gasteiger partial charge is 0.289 e. The van der Waals surface area contributed by atoms with Crippen LogP contribution in [0.1, 0.15) is 21.6 Å². The number of nitrogens with zero attached hydrogens (tertiary/aromatic N) is 1. The number of carbonyl (C=O) groups is 1. The van der Waals surface area contributed by atoms with Gasteiger partial charge in [0.25, 0.3) is 0 Å². The Morgan fingerprint density at radius 3 is 2.76 bits per heavy atom. The number of rotatable bonds is 3. The first kappa shape index (κ1) is 11.3. The van der Waals surface area contributed by atoms with Gasteiger partial charge >= 0.3 is 0 Å². The van der Waals surface area contributed by atoms with Crippen LogP contribution in [0, 0.1) is 6.92 Å². The number of hydrogen-bond donors (Lipinski definition) is 0. The Kier molecular flexibility index (Phi) is 3.46. The van der Waals surface area contributed by atoms with Crippen LogP contribution in [0.5, 0.6) is 0 Å². The van der Waals surface area contributed by atoms with Crippen molar-refractivity contribution in [3.8, 4) is 0 Å². The number of benzene rings is 1. The molecule has 0 atom stereocenters.